The van der Waals surface area contributed by atoms with Crippen molar-refractivity contribution in [3.05, 3.63) is 0 Å². The quantitative estimate of drug-likeness (QED) is 0.653. The first kappa shape index (κ1) is 17.3. The Morgan fingerprint density at radius 3 is 2.22 bits per heavy atom. The van der Waals surface area contributed by atoms with Crippen LogP contribution in [0.3, 0.4) is 0 Å². The number of nitrogens with one attached hydrogen (secondary N) is 1. The first-order valence-electron chi connectivity index (χ1n) is 5.97. The number of carbonyl (C=O) groups is 1. The molecule has 2 N–H and O–H groups in total. The molecule has 6 nitrogen and oxygen atoms in total. The van der Waals surface area contributed by atoms with E-state index >= 15 is 0 Å². The third-order valence-electron chi connectivity index (χ3n) is 2.33. The summed E-state index contributed by atoms with van der Waals surface area (Å²) in [5.74, 6) is -1.26. The highest BCUT2D eigenvalue weighted by molar-refractivity contribution is 7.89. The second-order valence-electron chi connectivity index (χ2n) is 4.80. The maximum atomic E-state index is 11.7. The topological polar surface area (TPSA) is 92.7 Å². The Labute approximate surface area is 109 Å². The normalized spacial score (nSPS) is 14.1. The van der Waals surface area contributed by atoms with Crippen molar-refractivity contribution >= 4 is 16.0 Å². The number of hydrogen-bond acceptors (Lipinski definition) is 4. The van der Waals surface area contributed by atoms with Crippen LogP contribution in [0.2, 0.25) is 0 Å². The third kappa shape index (κ3) is 8.43. The zero-order valence-electron chi connectivity index (χ0n) is 11.3. The van der Waals surface area contributed by atoms with Crippen LogP contribution in [0.4, 0.5) is 0 Å². The second-order valence-corrected chi connectivity index (χ2v) is 6.68. The van der Waals surface area contributed by atoms with Crippen molar-refractivity contribution in [1.29, 1.82) is 0 Å². The van der Waals surface area contributed by atoms with Crippen LogP contribution in [-0.4, -0.2) is 44.0 Å². The van der Waals surface area contributed by atoms with E-state index in [1.165, 1.54) is 0 Å². The molecule has 0 spiro atoms. The van der Waals surface area contributed by atoms with Gasteiger partial charge in [0, 0.05) is 6.04 Å². The van der Waals surface area contributed by atoms with E-state index in [0.717, 1.165) is 0 Å². The Morgan fingerprint density at radius 1 is 1.28 bits per heavy atom. The van der Waals surface area contributed by atoms with E-state index in [2.05, 4.69) is 4.72 Å². The van der Waals surface area contributed by atoms with Crippen LogP contribution in [0.25, 0.3) is 0 Å². The van der Waals surface area contributed by atoms with Crippen LogP contribution in [0.15, 0.2) is 0 Å². The lowest BCUT2D eigenvalue weighted by molar-refractivity contribution is -0.137. The summed E-state index contributed by atoms with van der Waals surface area (Å²) in [7, 11) is -3.51. The molecule has 0 aliphatic rings. The summed E-state index contributed by atoms with van der Waals surface area (Å²) < 4.78 is 31.0. The smallest absolute Gasteiger partial charge is 0.304 e. The van der Waals surface area contributed by atoms with Crippen LogP contribution in [0.1, 0.15) is 34.1 Å². The zero-order chi connectivity index (χ0) is 14.3. The molecule has 0 saturated carbocycles. The molecule has 108 valence electrons. The van der Waals surface area contributed by atoms with Crippen LogP contribution < -0.4 is 4.72 Å². The summed E-state index contributed by atoms with van der Waals surface area (Å²) >= 11 is 0. The van der Waals surface area contributed by atoms with Crippen molar-refractivity contribution in [2.45, 2.75) is 46.3 Å². The fourth-order valence-electron chi connectivity index (χ4n) is 1.28. The number of aliphatic carboxylic acids is 1. The van der Waals surface area contributed by atoms with Crippen LogP contribution in [0, 0.1) is 5.92 Å². The summed E-state index contributed by atoms with van der Waals surface area (Å²) in [6.45, 7) is 7.30. The van der Waals surface area contributed by atoms with Gasteiger partial charge in [0.2, 0.25) is 10.0 Å². The van der Waals surface area contributed by atoms with Gasteiger partial charge in [-0.15, -0.1) is 0 Å². The minimum absolute atomic E-state index is 0.0277. The molecule has 18 heavy (non-hydrogen) atoms. The fourth-order valence-corrected chi connectivity index (χ4v) is 2.53. The zero-order valence-corrected chi connectivity index (χ0v) is 12.2. The molecule has 0 saturated heterocycles. The third-order valence-corrected chi connectivity index (χ3v) is 3.70. The number of rotatable bonds is 9. The van der Waals surface area contributed by atoms with Gasteiger partial charge in [0.1, 0.15) is 0 Å². The summed E-state index contributed by atoms with van der Waals surface area (Å²) in [4.78, 5) is 10.6. The molecule has 1 atom stereocenters. The molecule has 0 aromatic carbocycles. The fraction of sp³-hybridized carbons (Fsp3) is 0.909. The van der Waals surface area contributed by atoms with Gasteiger partial charge in [0.05, 0.1) is 24.9 Å². The first-order valence-corrected chi connectivity index (χ1v) is 7.62. The van der Waals surface area contributed by atoms with Gasteiger partial charge in [-0.25, -0.2) is 13.1 Å². The molecule has 0 fully saturated rings. The van der Waals surface area contributed by atoms with Crippen LogP contribution in [-0.2, 0) is 19.6 Å². The summed E-state index contributed by atoms with van der Waals surface area (Å²) in [5.41, 5.74) is 0. The molecule has 0 amide bonds. The Morgan fingerprint density at radius 2 is 1.83 bits per heavy atom. The molecule has 1 unspecified atom stereocenters. The van der Waals surface area contributed by atoms with Crippen molar-refractivity contribution in [1.82, 2.24) is 4.72 Å². The van der Waals surface area contributed by atoms with Crippen LogP contribution >= 0.6 is 0 Å². The van der Waals surface area contributed by atoms with E-state index in [1.807, 2.05) is 13.8 Å². The Balaban J connectivity index is 4.37. The first-order chi connectivity index (χ1) is 8.14. The van der Waals surface area contributed by atoms with Gasteiger partial charge in [-0.1, -0.05) is 13.8 Å². The van der Waals surface area contributed by atoms with E-state index in [0.29, 0.717) is 0 Å². The van der Waals surface area contributed by atoms with E-state index in [9.17, 15) is 13.2 Å². The van der Waals surface area contributed by atoms with Crippen molar-refractivity contribution in [2.75, 3.05) is 12.4 Å². The van der Waals surface area contributed by atoms with Crippen molar-refractivity contribution in [3.8, 4) is 0 Å². The summed E-state index contributed by atoms with van der Waals surface area (Å²) in [5, 5.41) is 8.72. The summed E-state index contributed by atoms with van der Waals surface area (Å²) in [6, 6.07) is -0.591. The van der Waals surface area contributed by atoms with E-state index in [4.69, 9.17) is 9.84 Å². The van der Waals surface area contributed by atoms with Crippen molar-refractivity contribution in [2.24, 2.45) is 5.92 Å². The average Bonchev–Trinajstić information content (AvgIpc) is 2.14. The van der Waals surface area contributed by atoms with Gasteiger partial charge in [-0.3, -0.25) is 4.79 Å². The lowest BCUT2D eigenvalue weighted by Gasteiger charge is -2.20. The standard InChI is InChI=1S/C11H23NO5S/c1-8(2)10(7-11(13)14)12-18(15,16)6-5-17-9(3)4/h8-10,12H,5-7H2,1-4H3,(H,13,14). The Kier molecular flexibility index (Phi) is 7.42. The molecule has 0 radical (unpaired) electrons. The van der Waals surface area contributed by atoms with Gasteiger partial charge < -0.3 is 9.84 Å². The number of sulfonamides is 1. The molecular weight excluding hydrogens is 258 g/mol. The Hall–Kier alpha value is -0.660. The highest BCUT2D eigenvalue weighted by atomic mass is 32.2. The summed E-state index contributed by atoms with van der Waals surface area (Å²) in [6.07, 6.45) is -0.248. The van der Waals surface area contributed by atoms with Gasteiger partial charge in [0.25, 0.3) is 0 Å². The molecule has 0 aromatic heterocycles. The Bertz CT molecular complexity index is 350. The maximum absolute atomic E-state index is 11.7. The van der Waals surface area contributed by atoms with Crippen molar-refractivity contribution in [3.63, 3.8) is 0 Å². The number of carboxylic acids is 1. The van der Waals surface area contributed by atoms with Gasteiger partial charge in [-0.2, -0.15) is 0 Å². The molecular formula is C11H23NO5S. The highest BCUT2D eigenvalue weighted by Gasteiger charge is 2.23. The molecule has 0 aliphatic heterocycles. The lowest BCUT2D eigenvalue weighted by Crippen LogP contribution is -2.41. The van der Waals surface area contributed by atoms with Gasteiger partial charge in [0.15, 0.2) is 0 Å². The molecule has 0 aliphatic carbocycles. The molecule has 0 heterocycles. The molecule has 7 heteroatoms. The van der Waals surface area contributed by atoms with Crippen LogP contribution in [0.5, 0.6) is 0 Å². The van der Waals surface area contributed by atoms with E-state index in [-0.39, 0.29) is 30.8 Å². The average molecular weight is 281 g/mol. The number of carboxylic acid groups (broad SMARTS) is 1. The minimum atomic E-state index is -3.51. The number of ether oxygens (including phenoxy) is 1. The lowest BCUT2D eigenvalue weighted by atomic mass is 10.0. The predicted molar refractivity (Wildman–Crippen MR) is 68.9 cm³/mol. The number of hydrogen-bond donors (Lipinski definition) is 2. The second kappa shape index (κ2) is 7.70. The predicted octanol–water partition coefficient (Wildman–Crippen LogP) is 0.830. The minimum Gasteiger partial charge on any atom is -0.481 e. The highest BCUT2D eigenvalue weighted by Crippen LogP contribution is 2.08. The van der Waals surface area contributed by atoms with Gasteiger partial charge in [-0.05, 0) is 19.8 Å². The molecule has 0 aromatic rings. The molecule has 0 bridgehead atoms. The van der Waals surface area contributed by atoms with E-state index < -0.39 is 22.0 Å². The molecule has 0 rings (SSSR count). The van der Waals surface area contributed by atoms with E-state index in [1.54, 1.807) is 13.8 Å². The SMILES string of the molecule is CC(C)OCCS(=O)(=O)NC(CC(=O)O)C(C)C. The van der Waals surface area contributed by atoms with Crippen molar-refractivity contribution < 1.29 is 23.1 Å². The monoisotopic (exact) mass is 281 g/mol. The largest absolute Gasteiger partial charge is 0.481 e. The maximum Gasteiger partial charge on any atom is 0.304 e. The van der Waals surface area contributed by atoms with Gasteiger partial charge >= 0.3 is 5.97 Å².